The van der Waals surface area contributed by atoms with E-state index < -0.39 is 11.4 Å². The number of carbonyl (C=O) groups is 2. The number of carboxylic acids is 1. The molecule has 108 valence electrons. The van der Waals surface area contributed by atoms with Gasteiger partial charge < -0.3 is 15.2 Å². The number of ether oxygens (including phenoxy) is 1. The summed E-state index contributed by atoms with van der Waals surface area (Å²) >= 11 is 0. The molecule has 0 aliphatic carbocycles. The summed E-state index contributed by atoms with van der Waals surface area (Å²) in [6.45, 7) is 4.27. The van der Waals surface area contributed by atoms with Gasteiger partial charge in [-0.3, -0.25) is 9.59 Å². The molecule has 0 aromatic heterocycles. The van der Waals surface area contributed by atoms with Gasteiger partial charge in [0, 0.05) is 18.9 Å². The largest absolute Gasteiger partial charge is 0.481 e. The normalized spacial score (nSPS) is 29.5. The van der Waals surface area contributed by atoms with Crippen molar-refractivity contribution in [3.05, 3.63) is 0 Å². The van der Waals surface area contributed by atoms with Crippen LogP contribution in [0.2, 0.25) is 0 Å². The van der Waals surface area contributed by atoms with E-state index in [1.807, 2.05) is 0 Å². The van der Waals surface area contributed by atoms with E-state index in [1.165, 1.54) is 0 Å². The van der Waals surface area contributed by atoms with E-state index in [9.17, 15) is 9.59 Å². The maximum Gasteiger partial charge on any atom is 0.303 e. The molecule has 1 amide bonds. The molecule has 2 bridgehead atoms. The second kappa shape index (κ2) is 5.49. The summed E-state index contributed by atoms with van der Waals surface area (Å²) in [6.07, 6.45) is 4.28. The van der Waals surface area contributed by atoms with E-state index in [0.717, 1.165) is 19.3 Å². The van der Waals surface area contributed by atoms with Crippen LogP contribution in [-0.4, -0.2) is 35.7 Å². The highest BCUT2D eigenvalue weighted by molar-refractivity contribution is 5.77. The Balaban J connectivity index is 1.71. The smallest absolute Gasteiger partial charge is 0.303 e. The molecule has 2 fully saturated rings. The van der Waals surface area contributed by atoms with E-state index in [2.05, 4.69) is 5.32 Å². The molecule has 5 heteroatoms. The van der Waals surface area contributed by atoms with Gasteiger partial charge >= 0.3 is 5.97 Å². The summed E-state index contributed by atoms with van der Waals surface area (Å²) < 4.78 is 5.74. The van der Waals surface area contributed by atoms with Gasteiger partial charge in [0.2, 0.25) is 5.91 Å². The van der Waals surface area contributed by atoms with Crippen molar-refractivity contribution in [1.29, 1.82) is 0 Å². The Morgan fingerprint density at radius 1 is 1.32 bits per heavy atom. The number of amides is 1. The summed E-state index contributed by atoms with van der Waals surface area (Å²) in [5, 5.41) is 11.7. The maximum atomic E-state index is 11.9. The lowest BCUT2D eigenvalue weighted by molar-refractivity contribution is -0.139. The Labute approximate surface area is 113 Å². The monoisotopic (exact) mass is 269 g/mol. The molecule has 0 spiro atoms. The lowest BCUT2D eigenvalue weighted by atomic mass is 9.85. The van der Waals surface area contributed by atoms with Crippen molar-refractivity contribution in [3.8, 4) is 0 Å². The van der Waals surface area contributed by atoms with Gasteiger partial charge in [-0.2, -0.15) is 0 Å². The van der Waals surface area contributed by atoms with Crippen molar-refractivity contribution in [2.75, 3.05) is 6.54 Å². The Bertz CT molecular complexity index is 366. The van der Waals surface area contributed by atoms with Crippen LogP contribution in [0.5, 0.6) is 0 Å². The SMILES string of the molecule is CC(C)(CC(=O)O)CC(=O)NCC1CC2CCC1O2. The molecule has 0 radical (unpaired) electrons. The van der Waals surface area contributed by atoms with Gasteiger partial charge in [0.15, 0.2) is 0 Å². The molecule has 0 aromatic carbocycles. The number of carboxylic acid groups (broad SMARTS) is 1. The first-order chi connectivity index (χ1) is 8.85. The quantitative estimate of drug-likeness (QED) is 0.767. The highest BCUT2D eigenvalue weighted by Gasteiger charge is 2.40. The predicted molar refractivity (Wildman–Crippen MR) is 69.7 cm³/mol. The van der Waals surface area contributed by atoms with Crippen molar-refractivity contribution in [3.63, 3.8) is 0 Å². The maximum absolute atomic E-state index is 11.9. The first kappa shape index (κ1) is 14.3. The van der Waals surface area contributed by atoms with Crippen molar-refractivity contribution in [1.82, 2.24) is 5.32 Å². The molecule has 2 aliphatic rings. The topological polar surface area (TPSA) is 75.6 Å². The third-order valence-corrected chi connectivity index (χ3v) is 4.06. The van der Waals surface area contributed by atoms with Gasteiger partial charge in [-0.25, -0.2) is 0 Å². The minimum absolute atomic E-state index is 0.0116. The fourth-order valence-corrected chi connectivity index (χ4v) is 3.17. The molecule has 0 aromatic rings. The molecule has 19 heavy (non-hydrogen) atoms. The molecule has 2 aliphatic heterocycles. The van der Waals surface area contributed by atoms with Gasteiger partial charge in [0.25, 0.3) is 0 Å². The molecule has 2 heterocycles. The van der Waals surface area contributed by atoms with E-state index in [1.54, 1.807) is 13.8 Å². The van der Waals surface area contributed by atoms with Gasteiger partial charge in [0.05, 0.1) is 18.6 Å². The Hall–Kier alpha value is -1.10. The van der Waals surface area contributed by atoms with Crippen molar-refractivity contribution in [2.45, 2.75) is 58.2 Å². The van der Waals surface area contributed by atoms with Gasteiger partial charge in [0.1, 0.15) is 0 Å². The van der Waals surface area contributed by atoms with E-state index in [0.29, 0.717) is 24.7 Å². The zero-order valence-electron chi connectivity index (χ0n) is 11.6. The average Bonchev–Trinajstić information content (AvgIpc) is 2.84. The van der Waals surface area contributed by atoms with Crippen molar-refractivity contribution in [2.24, 2.45) is 11.3 Å². The third kappa shape index (κ3) is 3.93. The molecule has 0 saturated carbocycles. The fraction of sp³-hybridized carbons (Fsp3) is 0.857. The summed E-state index contributed by atoms with van der Waals surface area (Å²) in [7, 11) is 0. The summed E-state index contributed by atoms with van der Waals surface area (Å²) in [4.78, 5) is 22.6. The highest BCUT2D eigenvalue weighted by atomic mass is 16.5. The van der Waals surface area contributed by atoms with Crippen LogP contribution in [0, 0.1) is 11.3 Å². The number of nitrogens with one attached hydrogen (secondary N) is 1. The number of rotatable bonds is 6. The zero-order valence-corrected chi connectivity index (χ0v) is 11.6. The first-order valence-corrected chi connectivity index (χ1v) is 7.00. The van der Waals surface area contributed by atoms with Gasteiger partial charge in [-0.05, 0) is 24.7 Å². The molecule has 2 N–H and O–H groups in total. The van der Waals surface area contributed by atoms with E-state index >= 15 is 0 Å². The standard InChI is InChI=1S/C14H23NO4/c1-14(2,7-13(17)18)6-12(16)15-8-9-5-10-3-4-11(9)19-10/h9-11H,3-8H2,1-2H3,(H,15,16)(H,17,18). The molecular formula is C14H23NO4. The second-order valence-electron chi connectivity index (χ2n) is 6.59. The van der Waals surface area contributed by atoms with Crippen LogP contribution in [-0.2, 0) is 14.3 Å². The van der Waals surface area contributed by atoms with E-state index in [4.69, 9.17) is 9.84 Å². The number of fused-ring (bicyclic) bond motifs is 2. The van der Waals surface area contributed by atoms with Crippen LogP contribution in [0.3, 0.4) is 0 Å². The van der Waals surface area contributed by atoms with Crippen LogP contribution in [0.1, 0.15) is 46.0 Å². The zero-order chi connectivity index (χ0) is 14.0. The molecule has 3 unspecified atom stereocenters. The summed E-state index contributed by atoms with van der Waals surface area (Å²) in [5.74, 6) is -0.487. The predicted octanol–water partition coefficient (Wildman–Crippen LogP) is 1.56. The lowest BCUT2D eigenvalue weighted by Gasteiger charge is -2.23. The second-order valence-corrected chi connectivity index (χ2v) is 6.59. The Morgan fingerprint density at radius 3 is 2.58 bits per heavy atom. The minimum atomic E-state index is -0.862. The summed E-state index contributed by atoms with van der Waals surface area (Å²) in [6, 6.07) is 0. The number of hydrogen-bond donors (Lipinski definition) is 2. The van der Waals surface area contributed by atoms with Crippen LogP contribution in [0.15, 0.2) is 0 Å². The summed E-state index contributed by atoms with van der Waals surface area (Å²) in [5.41, 5.74) is -0.499. The molecule has 2 saturated heterocycles. The third-order valence-electron chi connectivity index (χ3n) is 4.06. The van der Waals surface area contributed by atoms with Gasteiger partial charge in [-0.15, -0.1) is 0 Å². The van der Waals surface area contributed by atoms with E-state index in [-0.39, 0.29) is 18.7 Å². The minimum Gasteiger partial charge on any atom is -0.481 e. The Kier molecular flexibility index (Phi) is 4.13. The fourth-order valence-electron chi connectivity index (χ4n) is 3.17. The number of aliphatic carboxylic acids is 1. The van der Waals surface area contributed by atoms with Crippen LogP contribution in [0.4, 0.5) is 0 Å². The van der Waals surface area contributed by atoms with Crippen LogP contribution in [0.25, 0.3) is 0 Å². The van der Waals surface area contributed by atoms with Crippen molar-refractivity contribution >= 4 is 11.9 Å². The molecule has 3 atom stereocenters. The van der Waals surface area contributed by atoms with Crippen LogP contribution >= 0.6 is 0 Å². The van der Waals surface area contributed by atoms with Crippen LogP contribution < -0.4 is 5.32 Å². The number of hydrogen-bond acceptors (Lipinski definition) is 3. The highest BCUT2D eigenvalue weighted by Crippen LogP contribution is 2.38. The first-order valence-electron chi connectivity index (χ1n) is 7.00. The Morgan fingerprint density at radius 2 is 2.05 bits per heavy atom. The number of carbonyl (C=O) groups excluding carboxylic acids is 1. The lowest BCUT2D eigenvalue weighted by Crippen LogP contribution is -2.36. The molecule has 2 rings (SSSR count). The van der Waals surface area contributed by atoms with Gasteiger partial charge in [-0.1, -0.05) is 13.8 Å². The molecule has 5 nitrogen and oxygen atoms in total. The van der Waals surface area contributed by atoms with Crippen molar-refractivity contribution < 1.29 is 19.4 Å². The average molecular weight is 269 g/mol. The molecular weight excluding hydrogens is 246 g/mol.